The summed E-state index contributed by atoms with van der Waals surface area (Å²) in [5, 5.41) is 19.3. The van der Waals surface area contributed by atoms with E-state index in [-0.39, 0.29) is 16.9 Å². The fourth-order valence-electron chi connectivity index (χ4n) is 3.75. The van der Waals surface area contributed by atoms with Crippen molar-refractivity contribution < 1.29 is 10.2 Å². The van der Waals surface area contributed by atoms with E-state index in [9.17, 15) is 10.2 Å². The van der Waals surface area contributed by atoms with Gasteiger partial charge in [0.05, 0.1) is 0 Å². The van der Waals surface area contributed by atoms with Gasteiger partial charge in [0, 0.05) is 5.41 Å². The summed E-state index contributed by atoms with van der Waals surface area (Å²) in [4.78, 5) is 0. The highest BCUT2D eigenvalue weighted by molar-refractivity contribution is 5.51. The lowest BCUT2D eigenvalue weighted by atomic mass is 9.72. The van der Waals surface area contributed by atoms with Gasteiger partial charge in [-0.05, 0) is 59.4 Å². The summed E-state index contributed by atoms with van der Waals surface area (Å²) < 4.78 is 0. The van der Waals surface area contributed by atoms with Crippen LogP contribution in [0.5, 0.6) is 11.5 Å². The molecule has 4 rings (SSSR count). The SMILES string of the molecule is CC.CC.CC.CC.Oc1ccc(C2(c3ccc(O)cc3)Cc3ccccc3C2)cc1. The van der Waals surface area contributed by atoms with Crippen LogP contribution in [0.2, 0.25) is 0 Å². The number of fused-ring (bicyclic) bond motifs is 1. The van der Waals surface area contributed by atoms with Crippen molar-refractivity contribution in [3.8, 4) is 11.5 Å². The van der Waals surface area contributed by atoms with Gasteiger partial charge >= 0.3 is 0 Å². The van der Waals surface area contributed by atoms with Crippen molar-refractivity contribution in [3.63, 3.8) is 0 Å². The van der Waals surface area contributed by atoms with Gasteiger partial charge in [-0.15, -0.1) is 0 Å². The molecule has 0 aliphatic heterocycles. The fraction of sp³-hybridized carbons (Fsp3) is 0.379. The van der Waals surface area contributed by atoms with Crippen LogP contribution in [-0.2, 0) is 18.3 Å². The maximum Gasteiger partial charge on any atom is 0.115 e. The topological polar surface area (TPSA) is 40.5 Å². The first-order chi connectivity index (χ1) is 15.2. The summed E-state index contributed by atoms with van der Waals surface area (Å²) >= 11 is 0. The number of hydrogen-bond donors (Lipinski definition) is 2. The average Bonchev–Trinajstić information content (AvgIpc) is 3.26. The molecule has 0 saturated heterocycles. The van der Waals surface area contributed by atoms with Gasteiger partial charge in [0.15, 0.2) is 0 Å². The summed E-state index contributed by atoms with van der Waals surface area (Å²) in [6, 6.07) is 23.6. The second-order valence-corrected chi connectivity index (χ2v) is 6.30. The highest BCUT2D eigenvalue weighted by Gasteiger charge is 2.40. The first-order valence-electron chi connectivity index (χ1n) is 11.8. The Morgan fingerprint density at radius 1 is 0.484 bits per heavy atom. The van der Waals surface area contributed by atoms with E-state index < -0.39 is 0 Å². The van der Waals surface area contributed by atoms with Crippen molar-refractivity contribution in [1.29, 1.82) is 0 Å². The third kappa shape index (κ3) is 6.89. The summed E-state index contributed by atoms with van der Waals surface area (Å²) in [5.74, 6) is 0.565. The molecular formula is C29H42O2. The van der Waals surface area contributed by atoms with E-state index in [1.807, 2.05) is 79.7 Å². The molecule has 3 aromatic rings. The molecule has 2 nitrogen and oxygen atoms in total. The third-order valence-corrected chi connectivity index (χ3v) is 4.94. The van der Waals surface area contributed by atoms with E-state index in [4.69, 9.17) is 0 Å². The van der Waals surface area contributed by atoms with E-state index in [1.165, 1.54) is 22.3 Å². The minimum atomic E-state index is -0.148. The van der Waals surface area contributed by atoms with Crippen LogP contribution in [0.25, 0.3) is 0 Å². The Kier molecular flexibility index (Phi) is 13.8. The predicted octanol–water partition coefficient (Wildman–Crippen LogP) is 8.29. The Morgan fingerprint density at radius 2 is 0.774 bits per heavy atom. The number of rotatable bonds is 2. The number of benzene rings is 3. The van der Waals surface area contributed by atoms with Crippen molar-refractivity contribution in [2.75, 3.05) is 0 Å². The molecule has 0 heterocycles. The van der Waals surface area contributed by atoms with Gasteiger partial charge in [-0.2, -0.15) is 0 Å². The standard InChI is InChI=1S/C21H18O2.4C2H6/c22-19-9-5-17(6-10-19)21(18-7-11-20(23)12-8-18)13-15-3-1-2-4-16(15)14-21;4*1-2/h1-12,22-23H,13-14H2;4*1-2H3. The predicted molar refractivity (Wildman–Crippen MR) is 136 cm³/mol. The molecule has 170 valence electrons. The van der Waals surface area contributed by atoms with Gasteiger partial charge in [-0.3, -0.25) is 0 Å². The zero-order valence-electron chi connectivity index (χ0n) is 20.7. The van der Waals surface area contributed by atoms with Crippen LogP contribution in [0, 0.1) is 0 Å². The van der Waals surface area contributed by atoms with E-state index in [0.717, 1.165) is 12.8 Å². The maximum absolute atomic E-state index is 9.63. The Bertz CT molecular complexity index is 761. The Labute approximate surface area is 190 Å². The monoisotopic (exact) mass is 422 g/mol. The number of hydrogen-bond acceptors (Lipinski definition) is 2. The van der Waals surface area contributed by atoms with Gasteiger partial charge in [-0.25, -0.2) is 0 Å². The molecule has 0 amide bonds. The number of aromatic hydroxyl groups is 2. The van der Waals surface area contributed by atoms with Gasteiger partial charge in [0.1, 0.15) is 11.5 Å². The highest BCUT2D eigenvalue weighted by atomic mass is 16.3. The lowest BCUT2D eigenvalue weighted by Gasteiger charge is -2.30. The van der Waals surface area contributed by atoms with Crippen molar-refractivity contribution >= 4 is 0 Å². The highest BCUT2D eigenvalue weighted by Crippen LogP contribution is 2.45. The second kappa shape index (κ2) is 15.1. The fourth-order valence-corrected chi connectivity index (χ4v) is 3.75. The van der Waals surface area contributed by atoms with E-state index in [0.29, 0.717) is 0 Å². The molecule has 0 spiro atoms. The molecule has 31 heavy (non-hydrogen) atoms. The molecule has 0 bridgehead atoms. The van der Waals surface area contributed by atoms with Crippen LogP contribution >= 0.6 is 0 Å². The van der Waals surface area contributed by atoms with Crippen LogP contribution in [0.4, 0.5) is 0 Å². The molecule has 0 fully saturated rings. The van der Waals surface area contributed by atoms with Crippen LogP contribution in [0.1, 0.15) is 77.6 Å². The van der Waals surface area contributed by atoms with E-state index in [1.54, 1.807) is 24.3 Å². The van der Waals surface area contributed by atoms with Crippen molar-refractivity contribution in [2.24, 2.45) is 0 Å². The summed E-state index contributed by atoms with van der Waals surface area (Å²) in [6.07, 6.45) is 1.86. The minimum Gasteiger partial charge on any atom is -0.508 e. The lowest BCUT2D eigenvalue weighted by Crippen LogP contribution is -2.28. The Morgan fingerprint density at radius 3 is 1.06 bits per heavy atom. The van der Waals surface area contributed by atoms with Crippen molar-refractivity contribution in [3.05, 3.63) is 95.1 Å². The average molecular weight is 423 g/mol. The van der Waals surface area contributed by atoms with Crippen LogP contribution in [-0.4, -0.2) is 10.2 Å². The molecule has 0 aromatic heterocycles. The number of phenols is 2. The molecule has 0 radical (unpaired) electrons. The van der Waals surface area contributed by atoms with Gasteiger partial charge in [-0.1, -0.05) is 104 Å². The first kappa shape index (κ1) is 28.3. The molecule has 0 atom stereocenters. The minimum absolute atomic E-state index is 0.148. The second-order valence-electron chi connectivity index (χ2n) is 6.30. The largest absolute Gasteiger partial charge is 0.508 e. The molecule has 1 aliphatic rings. The zero-order valence-corrected chi connectivity index (χ0v) is 20.7. The molecule has 1 aliphatic carbocycles. The van der Waals surface area contributed by atoms with E-state index in [2.05, 4.69) is 24.3 Å². The van der Waals surface area contributed by atoms with Crippen molar-refractivity contribution in [1.82, 2.24) is 0 Å². The van der Waals surface area contributed by atoms with Crippen LogP contribution in [0.3, 0.4) is 0 Å². The lowest BCUT2D eigenvalue weighted by molar-refractivity contribution is 0.472. The van der Waals surface area contributed by atoms with Crippen LogP contribution in [0.15, 0.2) is 72.8 Å². The third-order valence-electron chi connectivity index (χ3n) is 4.94. The zero-order chi connectivity index (χ0) is 23.9. The number of phenolic OH excluding ortho intramolecular Hbond substituents is 2. The molecule has 0 unspecified atom stereocenters. The maximum atomic E-state index is 9.63. The molecule has 3 aromatic carbocycles. The van der Waals surface area contributed by atoms with Gasteiger partial charge in [0.2, 0.25) is 0 Å². The molecular weight excluding hydrogens is 380 g/mol. The molecule has 0 saturated carbocycles. The quantitative estimate of drug-likeness (QED) is 0.436. The smallest absolute Gasteiger partial charge is 0.115 e. The Balaban J connectivity index is 0.00000102. The summed E-state index contributed by atoms with van der Waals surface area (Å²) in [5.41, 5.74) is 4.97. The van der Waals surface area contributed by atoms with Gasteiger partial charge in [0.25, 0.3) is 0 Å². The van der Waals surface area contributed by atoms with E-state index >= 15 is 0 Å². The van der Waals surface area contributed by atoms with Crippen LogP contribution < -0.4 is 0 Å². The van der Waals surface area contributed by atoms with Crippen molar-refractivity contribution in [2.45, 2.75) is 73.6 Å². The normalized spacial score (nSPS) is 12.1. The van der Waals surface area contributed by atoms with Gasteiger partial charge < -0.3 is 10.2 Å². The molecule has 2 N–H and O–H groups in total. The summed E-state index contributed by atoms with van der Waals surface area (Å²) in [7, 11) is 0. The Hall–Kier alpha value is -2.74. The summed E-state index contributed by atoms with van der Waals surface area (Å²) in [6.45, 7) is 16.0. The first-order valence-corrected chi connectivity index (χ1v) is 11.8. The molecule has 2 heteroatoms.